The van der Waals surface area contributed by atoms with Crippen LogP contribution in [0.15, 0.2) is 54.6 Å². The molecule has 5 nitrogen and oxygen atoms in total. The zero-order chi connectivity index (χ0) is 17.6. The van der Waals surface area contributed by atoms with E-state index in [2.05, 4.69) is 20.6 Å². The Morgan fingerprint density at radius 1 is 1.04 bits per heavy atom. The standard InChI is InChI=1S/C19H19ClN4O/c1-13-10-18(23-15-7-5-8-16(11-15)25-2)24-19(22-13)21-12-14-6-3-4-9-17(14)20/h3-11H,12H2,1-2H3,(H2,21,22,23,24). The molecule has 128 valence electrons. The van der Waals surface area contributed by atoms with Gasteiger partial charge in [-0.2, -0.15) is 4.98 Å². The summed E-state index contributed by atoms with van der Waals surface area (Å²) in [5.74, 6) is 2.04. The number of hydrogen-bond acceptors (Lipinski definition) is 5. The van der Waals surface area contributed by atoms with E-state index in [9.17, 15) is 0 Å². The fraction of sp³-hybridized carbons (Fsp3) is 0.158. The number of hydrogen-bond donors (Lipinski definition) is 2. The Balaban J connectivity index is 1.75. The van der Waals surface area contributed by atoms with Crippen LogP contribution in [0.3, 0.4) is 0 Å². The van der Waals surface area contributed by atoms with Gasteiger partial charge in [-0.25, -0.2) is 4.98 Å². The molecule has 6 heteroatoms. The molecular weight excluding hydrogens is 336 g/mol. The van der Waals surface area contributed by atoms with Crippen LogP contribution in [-0.4, -0.2) is 17.1 Å². The van der Waals surface area contributed by atoms with Crippen LogP contribution in [0.25, 0.3) is 0 Å². The third-order valence-electron chi connectivity index (χ3n) is 3.59. The van der Waals surface area contributed by atoms with E-state index in [1.54, 1.807) is 7.11 Å². The third-order valence-corrected chi connectivity index (χ3v) is 3.96. The van der Waals surface area contributed by atoms with Gasteiger partial charge in [0.2, 0.25) is 5.95 Å². The molecule has 0 saturated carbocycles. The number of rotatable bonds is 6. The first-order valence-electron chi connectivity index (χ1n) is 7.88. The molecule has 0 radical (unpaired) electrons. The van der Waals surface area contributed by atoms with Gasteiger partial charge in [0.05, 0.1) is 7.11 Å². The molecule has 25 heavy (non-hydrogen) atoms. The summed E-state index contributed by atoms with van der Waals surface area (Å²) in [5.41, 5.74) is 2.76. The van der Waals surface area contributed by atoms with E-state index in [0.717, 1.165) is 27.7 Å². The first kappa shape index (κ1) is 17.0. The molecule has 0 amide bonds. The predicted octanol–water partition coefficient (Wildman–Crippen LogP) is 4.80. The summed E-state index contributed by atoms with van der Waals surface area (Å²) in [6.45, 7) is 2.49. The van der Waals surface area contributed by atoms with Gasteiger partial charge in [0, 0.05) is 35.1 Å². The zero-order valence-electron chi connectivity index (χ0n) is 14.1. The van der Waals surface area contributed by atoms with E-state index in [1.165, 1.54) is 0 Å². The highest BCUT2D eigenvalue weighted by Gasteiger charge is 2.05. The molecule has 0 aliphatic heterocycles. The number of halogens is 1. The number of ether oxygens (including phenoxy) is 1. The molecule has 3 aromatic rings. The third kappa shape index (κ3) is 4.61. The number of anilines is 3. The summed E-state index contributed by atoms with van der Waals surface area (Å²) in [6.07, 6.45) is 0. The summed E-state index contributed by atoms with van der Waals surface area (Å²) < 4.78 is 5.24. The molecule has 0 saturated heterocycles. The topological polar surface area (TPSA) is 59.1 Å². The van der Waals surface area contributed by atoms with Crippen LogP contribution in [-0.2, 0) is 6.54 Å². The molecule has 0 aliphatic carbocycles. The molecule has 0 atom stereocenters. The van der Waals surface area contributed by atoms with Gasteiger partial charge < -0.3 is 15.4 Å². The molecule has 0 unspecified atom stereocenters. The van der Waals surface area contributed by atoms with E-state index >= 15 is 0 Å². The second-order valence-corrected chi connectivity index (χ2v) is 5.93. The van der Waals surface area contributed by atoms with Crippen LogP contribution in [0.4, 0.5) is 17.5 Å². The number of aromatic nitrogens is 2. The number of benzene rings is 2. The highest BCUT2D eigenvalue weighted by atomic mass is 35.5. The van der Waals surface area contributed by atoms with Crippen molar-refractivity contribution in [2.45, 2.75) is 13.5 Å². The lowest BCUT2D eigenvalue weighted by Crippen LogP contribution is -2.06. The van der Waals surface area contributed by atoms with Crippen molar-refractivity contribution in [3.63, 3.8) is 0 Å². The summed E-state index contributed by atoms with van der Waals surface area (Å²) in [4.78, 5) is 8.94. The lowest BCUT2D eigenvalue weighted by atomic mass is 10.2. The molecule has 0 aliphatic rings. The van der Waals surface area contributed by atoms with Gasteiger partial charge in [-0.05, 0) is 30.7 Å². The first-order chi connectivity index (χ1) is 12.1. The number of aryl methyl sites for hydroxylation is 1. The molecular formula is C19H19ClN4O. The van der Waals surface area contributed by atoms with Gasteiger partial charge in [0.25, 0.3) is 0 Å². The number of nitrogens with one attached hydrogen (secondary N) is 2. The average molecular weight is 355 g/mol. The van der Waals surface area contributed by atoms with Crippen LogP contribution in [0.2, 0.25) is 5.02 Å². The van der Waals surface area contributed by atoms with Gasteiger partial charge in [0.15, 0.2) is 0 Å². The molecule has 2 N–H and O–H groups in total. The largest absolute Gasteiger partial charge is 0.497 e. The smallest absolute Gasteiger partial charge is 0.225 e. The minimum Gasteiger partial charge on any atom is -0.497 e. The second kappa shape index (κ2) is 7.85. The summed E-state index contributed by atoms with van der Waals surface area (Å²) in [6, 6.07) is 17.3. The molecule has 3 rings (SSSR count). The van der Waals surface area contributed by atoms with Gasteiger partial charge in [-0.3, -0.25) is 0 Å². The molecule has 1 aromatic heterocycles. The first-order valence-corrected chi connectivity index (χ1v) is 8.26. The Kier molecular flexibility index (Phi) is 5.36. The lowest BCUT2D eigenvalue weighted by molar-refractivity contribution is 0.415. The zero-order valence-corrected chi connectivity index (χ0v) is 14.8. The molecule has 0 spiro atoms. The highest BCUT2D eigenvalue weighted by Crippen LogP contribution is 2.22. The van der Waals surface area contributed by atoms with Crippen LogP contribution in [0, 0.1) is 6.92 Å². The van der Waals surface area contributed by atoms with Gasteiger partial charge in [-0.1, -0.05) is 35.9 Å². The van der Waals surface area contributed by atoms with Crippen molar-refractivity contribution >= 4 is 29.1 Å². The van der Waals surface area contributed by atoms with E-state index in [1.807, 2.05) is 61.5 Å². The number of nitrogens with zero attached hydrogens (tertiary/aromatic N) is 2. The van der Waals surface area contributed by atoms with Crippen molar-refractivity contribution in [3.05, 3.63) is 70.9 Å². The maximum Gasteiger partial charge on any atom is 0.225 e. The molecule has 1 heterocycles. The van der Waals surface area contributed by atoms with Gasteiger partial charge in [-0.15, -0.1) is 0 Å². The van der Waals surface area contributed by atoms with Crippen LogP contribution in [0.1, 0.15) is 11.3 Å². The number of methoxy groups -OCH3 is 1. The summed E-state index contributed by atoms with van der Waals surface area (Å²) >= 11 is 6.18. The monoisotopic (exact) mass is 354 g/mol. The van der Waals surface area contributed by atoms with Crippen LogP contribution < -0.4 is 15.4 Å². The average Bonchev–Trinajstić information content (AvgIpc) is 2.61. The summed E-state index contributed by atoms with van der Waals surface area (Å²) in [7, 11) is 1.64. The fourth-order valence-corrected chi connectivity index (χ4v) is 2.58. The lowest BCUT2D eigenvalue weighted by Gasteiger charge is -2.11. The van der Waals surface area contributed by atoms with Crippen molar-refractivity contribution in [1.82, 2.24) is 9.97 Å². The fourth-order valence-electron chi connectivity index (χ4n) is 2.38. The quantitative estimate of drug-likeness (QED) is 0.665. The van der Waals surface area contributed by atoms with Crippen molar-refractivity contribution < 1.29 is 4.74 Å². The summed E-state index contributed by atoms with van der Waals surface area (Å²) in [5, 5.41) is 7.21. The van der Waals surface area contributed by atoms with E-state index in [4.69, 9.17) is 16.3 Å². The second-order valence-electron chi connectivity index (χ2n) is 5.52. The maximum atomic E-state index is 6.18. The Morgan fingerprint density at radius 2 is 1.88 bits per heavy atom. The van der Waals surface area contributed by atoms with Gasteiger partial charge in [0.1, 0.15) is 11.6 Å². The van der Waals surface area contributed by atoms with E-state index in [-0.39, 0.29) is 0 Å². The molecule has 0 fully saturated rings. The Hall–Kier alpha value is -2.79. The minimum atomic E-state index is 0.547. The van der Waals surface area contributed by atoms with E-state index in [0.29, 0.717) is 18.3 Å². The van der Waals surface area contributed by atoms with Crippen molar-refractivity contribution in [2.75, 3.05) is 17.7 Å². The van der Waals surface area contributed by atoms with Crippen LogP contribution >= 0.6 is 11.6 Å². The highest BCUT2D eigenvalue weighted by molar-refractivity contribution is 6.31. The SMILES string of the molecule is COc1cccc(Nc2cc(C)nc(NCc3ccccc3Cl)n2)c1. The molecule has 0 bridgehead atoms. The predicted molar refractivity (Wildman–Crippen MR) is 102 cm³/mol. The van der Waals surface area contributed by atoms with Crippen molar-refractivity contribution in [1.29, 1.82) is 0 Å². The minimum absolute atomic E-state index is 0.547. The maximum absolute atomic E-state index is 6.18. The Labute approximate surface area is 152 Å². The van der Waals surface area contributed by atoms with Crippen molar-refractivity contribution in [2.24, 2.45) is 0 Å². The van der Waals surface area contributed by atoms with Crippen LogP contribution in [0.5, 0.6) is 5.75 Å². The Morgan fingerprint density at radius 3 is 2.68 bits per heavy atom. The van der Waals surface area contributed by atoms with Crippen molar-refractivity contribution in [3.8, 4) is 5.75 Å². The molecule has 2 aromatic carbocycles. The Bertz CT molecular complexity index is 870. The normalized spacial score (nSPS) is 10.4. The van der Waals surface area contributed by atoms with Gasteiger partial charge >= 0.3 is 0 Å². The van der Waals surface area contributed by atoms with E-state index < -0.39 is 0 Å².